The first-order valence-electron chi connectivity index (χ1n) is 11.4. The van der Waals surface area contributed by atoms with Gasteiger partial charge in [-0.2, -0.15) is 0 Å². The van der Waals surface area contributed by atoms with E-state index in [-0.39, 0.29) is 6.09 Å². The van der Waals surface area contributed by atoms with E-state index < -0.39 is 0 Å². The molecule has 0 saturated carbocycles. The smallest absolute Gasteiger partial charge is 0.409 e. The Morgan fingerprint density at radius 1 is 0.769 bits per heavy atom. The topological polar surface area (TPSA) is 29.5 Å². The van der Waals surface area contributed by atoms with E-state index in [1.165, 1.54) is 83.5 Å². The molecular weight excluding hydrogens is 322 g/mol. The highest BCUT2D eigenvalue weighted by molar-refractivity contribution is 5.67. The lowest BCUT2D eigenvalue weighted by Crippen LogP contribution is -2.28. The number of carbonyl (C=O) groups excluding carboxylic acids is 1. The summed E-state index contributed by atoms with van der Waals surface area (Å²) in [6.07, 6.45) is 25.2. The van der Waals surface area contributed by atoms with Crippen molar-refractivity contribution in [1.29, 1.82) is 0 Å². The van der Waals surface area contributed by atoms with Crippen LogP contribution in [0, 0.1) is 0 Å². The fraction of sp³-hybridized carbons (Fsp3) is 0.870. The Kier molecular flexibility index (Phi) is 15.4. The van der Waals surface area contributed by atoms with Crippen LogP contribution in [0.1, 0.15) is 110 Å². The summed E-state index contributed by atoms with van der Waals surface area (Å²) in [4.78, 5) is 13.5. The standard InChI is InChI=1S/C23H43NO2/c1-2-3-4-5-6-7-8-9-10-11-12-13-14-15-16-19-22-26-23(25)24-20-17-18-21-24/h9-10H,2-8,11-22H2,1H3/b10-9-. The molecular formula is C23H43NO2. The maximum Gasteiger partial charge on any atom is 0.409 e. The summed E-state index contributed by atoms with van der Waals surface area (Å²) >= 11 is 0. The number of rotatable bonds is 16. The van der Waals surface area contributed by atoms with Crippen molar-refractivity contribution in [3.63, 3.8) is 0 Å². The van der Waals surface area contributed by atoms with Gasteiger partial charge in [0.05, 0.1) is 6.61 Å². The number of carbonyl (C=O) groups is 1. The zero-order chi connectivity index (χ0) is 18.7. The molecule has 1 amide bonds. The summed E-state index contributed by atoms with van der Waals surface area (Å²) in [7, 11) is 0. The molecule has 0 N–H and O–H groups in total. The minimum Gasteiger partial charge on any atom is -0.449 e. The van der Waals surface area contributed by atoms with Crippen molar-refractivity contribution in [2.24, 2.45) is 0 Å². The number of allylic oxidation sites excluding steroid dienone is 2. The highest BCUT2D eigenvalue weighted by Gasteiger charge is 2.18. The molecule has 1 heterocycles. The SMILES string of the molecule is CCCCCCCC/C=C\CCCCCCCCOC(=O)N1CCCC1. The molecule has 1 fully saturated rings. The van der Waals surface area contributed by atoms with Gasteiger partial charge in [0.15, 0.2) is 0 Å². The second kappa shape index (κ2) is 17.4. The summed E-state index contributed by atoms with van der Waals surface area (Å²) in [5.74, 6) is 0. The van der Waals surface area contributed by atoms with Gasteiger partial charge in [0, 0.05) is 13.1 Å². The first-order chi connectivity index (χ1) is 12.8. The molecule has 152 valence electrons. The number of ether oxygens (including phenoxy) is 1. The van der Waals surface area contributed by atoms with Crippen LogP contribution in [0.3, 0.4) is 0 Å². The van der Waals surface area contributed by atoms with E-state index in [1.807, 2.05) is 4.90 Å². The third kappa shape index (κ3) is 13.2. The highest BCUT2D eigenvalue weighted by atomic mass is 16.6. The van der Waals surface area contributed by atoms with Crippen LogP contribution >= 0.6 is 0 Å². The van der Waals surface area contributed by atoms with Crippen LogP contribution in [0.15, 0.2) is 12.2 Å². The van der Waals surface area contributed by atoms with Crippen molar-refractivity contribution in [1.82, 2.24) is 4.90 Å². The van der Waals surface area contributed by atoms with Crippen molar-refractivity contribution < 1.29 is 9.53 Å². The Morgan fingerprint density at radius 3 is 1.85 bits per heavy atom. The monoisotopic (exact) mass is 365 g/mol. The molecule has 1 saturated heterocycles. The predicted octanol–water partition coefficient (Wildman–Crippen LogP) is 7.26. The molecule has 0 aromatic carbocycles. The van der Waals surface area contributed by atoms with Crippen molar-refractivity contribution >= 4 is 6.09 Å². The fourth-order valence-corrected chi connectivity index (χ4v) is 3.50. The van der Waals surface area contributed by atoms with Crippen molar-refractivity contribution in [2.75, 3.05) is 19.7 Å². The lowest BCUT2D eigenvalue weighted by atomic mass is 10.1. The molecule has 1 aliphatic heterocycles. The maximum atomic E-state index is 11.7. The molecule has 1 aliphatic rings. The summed E-state index contributed by atoms with van der Waals surface area (Å²) in [5, 5.41) is 0. The van der Waals surface area contributed by atoms with Crippen LogP contribution < -0.4 is 0 Å². The molecule has 0 aromatic heterocycles. The molecule has 3 nitrogen and oxygen atoms in total. The maximum absolute atomic E-state index is 11.7. The Labute approximate surface area is 162 Å². The lowest BCUT2D eigenvalue weighted by molar-refractivity contribution is 0.109. The number of unbranched alkanes of at least 4 members (excludes halogenated alkanes) is 12. The molecule has 0 unspecified atom stereocenters. The van der Waals surface area contributed by atoms with Gasteiger partial charge in [0.2, 0.25) is 0 Å². The number of likely N-dealkylation sites (tertiary alicyclic amines) is 1. The van der Waals surface area contributed by atoms with E-state index in [1.54, 1.807) is 0 Å². The Morgan fingerprint density at radius 2 is 1.27 bits per heavy atom. The number of hydrogen-bond donors (Lipinski definition) is 0. The number of nitrogens with zero attached hydrogens (tertiary/aromatic N) is 1. The zero-order valence-corrected chi connectivity index (χ0v) is 17.4. The molecule has 0 atom stereocenters. The Hall–Kier alpha value is -0.990. The molecule has 0 bridgehead atoms. The molecule has 0 aliphatic carbocycles. The van der Waals surface area contributed by atoms with Gasteiger partial charge in [-0.05, 0) is 44.9 Å². The normalized spacial score (nSPS) is 14.4. The van der Waals surface area contributed by atoms with Crippen LogP contribution in [0.25, 0.3) is 0 Å². The first kappa shape index (κ1) is 23.0. The highest BCUT2D eigenvalue weighted by Crippen LogP contribution is 2.11. The Bertz CT molecular complexity index is 348. The van der Waals surface area contributed by atoms with Crippen LogP contribution in [0.2, 0.25) is 0 Å². The Balaban J connectivity index is 1.74. The summed E-state index contributed by atoms with van der Waals surface area (Å²) < 4.78 is 5.32. The minimum atomic E-state index is -0.102. The number of hydrogen-bond acceptors (Lipinski definition) is 2. The van der Waals surface area contributed by atoms with Gasteiger partial charge in [-0.15, -0.1) is 0 Å². The van der Waals surface area contributed by atoms with Gasteiger partial charge in [0.25, 0.3) is 0 Å². The summed E-state index contributed by atoms with van der Waals surface area (Å²) in [5.41, 5.74) is 0. The second-order valence-corrected chi connectivity index (χ2v) is 7.75. The minimum absolute atomic E-state index is 0.102. The van der Waals surface area contributed by atoms with Gasteiger partial charge >= 0.3 is 6.09 Å². The van der Waals surface area contributed by atoms with E-state index in [0.29, 0.717) is 6.61 Å². The molecule has 26 heavy (non-hydrogen) atoms. The van der Waals surface area contributed by atoms with E-state index in [2.05, 4.69) is 19.1 Å². The van der Waals surface area contributed by atoms with E-state index in [9.17, 15) is 4.79 Å². The molecule has 1 rings (SSSR count). The molecule has 3 heteroatoms. The fourth-order valence-electron chi connectivity index (χ4n) is 3.50. The van der Waals surface area contributed by atoms with E-state index >= 15 is 0 Å². The lowest BCUT2D eigenvalue weighted by Gasteiger charge is -2.14. The van der Waals surface area contributed by atoms with E-state index in [4.69, 9.17) is 4.74 Å². The summed E-state index contributed by atoms with van der Waals surface area (Å²) in [6.45, 7) is 4.63. The first-order valence-corrected chi connectivity index (χ1v) is 11.4. The van der Waals surface area contributed by atoms with Crippen LogP contribution in [0.4, 0.5) is 4.79 Å². The third-order valence-electron chi connectivity index (χ3n) is 5.25. The van der Waals surface area contributed by atoms with Gasteiger partial charge < -0.3 is 9.64 Å². The van der Waals surface area contributed by atoms with Crippen molar-refractivity contribution in [3.8, 4) is 0 Å². The predicted molar refractivity (Wildman–Crippen MR) is 112 cm³/mol. The molecule has 0 aromatic rings. The van der Waals surface area contributed by atoms with Crippen LogP contribution in [-0.4, -0.2) is 30.7 Å². The second-order valence-electron chi connectivity index (χ2n) is 7.75. The van der Waals surface area contributed by atoms with Gasteiger partial charge in [-0.1, -0.05) is 76.9 Å². The third-order valence-corrected chi connectivity index (χ3v) is 5.25. The van der Waals surface area contributed by atoms with Gasteiger partial charge in [-0.25, -0.2) is 4.79 Å². The van der Waals surface area contributed by atoms with Gasteiger partial charge in [0.1, 0.15) is 0 Å². The van der Waals surface area contributed by atoms with Crippen molar-refractivity contribution in [2.45, 2.75) is 110 Å². The molecule has 0 radical (unpaired) electrons. The number of amides is 1. The quantitative estimate of drug-likeness (QED) is 0.213. The van der Waals surface area contributed by atoms with E-state index in [0.717, 1.165) is 32.4 Å². The van der Waals surface area contributed by atoms with Gasteiger partial charge in [-0.3, -0.25) is 0 Å². The van der Waals surface area contributed by atoms with Crippen molar-refractivity contribution in [3.05, 3.63) is 12.2 Å². The van der Waals surface area contributed by atoms with Crippen LogP contribution in [0.5, 0.6) is 0 Å². The average molecular weight is 366 g/mol. The van der Waals surface area contributed by atoms with Crippen LogP contribution in [-0.2, 0) is 4.74 Å². The largest absolute Gasteiger partial charge is 0.449 e. The summed E-state index contributed by atoms with van der Waals surface area (Å²) in [6, 6.07) is 0. The average Bonchev–Trinajstić information content (AvgIpc) is 3.19. The zero-order valence-electron chi connectivity index (χ0n) is 17.4. The molecule has 0 spiro atoms.